The summed E-state index contributed by atoms with van der Waals surface area (Å²) in [5, 5.41) is 2.81. The molecule has 27 heavy (non-hydrogen) atoms. The van der Waals surface area contributed by atoms with Crippen LogP contribution in [0.25, 0.3) is 0 Å². The molecular formula is C19H26ClN3O3S. The smallest absolute Gasteiger partial charge is 0.261 e. The summed E-state index contributed by atoms with van der Waals surface area (Å²) in [5.74, 6) is -0.276. The fourth-order valence-electron chi connectivity index (χ4n) is 2.36. The van der Waals surface area contributed by atoms with Gasteiger partial charge in [-0.2, -0.15) is 0 Å². The maximum absolute atomic E-state index is 12.4. The number of rotatable bonds is 8. The number of hydrogen-bond acceptors (Lipinski definition) is 4. The van der Waals surface area contributed by atoms with Crippen LogP contribution in [0.1, 0.15) is 37.0 Å². The van der Waals surface area contributed by atoms with E-state index in [0.717, 1.165) is 12.8 Å². The van der Waals surface area contributed by atoms with Crippen molar-refractivity contribution in [2.24, 2.45) is 5.73 Å². The maximum Gasteiger partial charge on any atom is 0.261 e. The van der Waals surface area contributed by atoms with Crippen LogP contribution in [0.15, 0.2) is 59.5 Å². The molecule has 2 aromatic carbocycles. The van der Waals surface area contributed by atoms with Crippen LogP contribution in [-0.2, 0) is 10.0 Å². The number of carbonyl (C=O) groups excluding carboxylic acids is 1. The molecule has 0 heterocycles. The highest BCUT2D eigenvalue weighted by molar-refractivity contribution is 7.92. The van der Waals surface area contributed by atoms with Crippen molar-refractivity contribution in [3.63, 3.8) is 0 Å². The van der Waals surface area contributed by atoms with Crippen molar-refractivity contribution in [1.82, 2.24) is 5.32 Å². The molecule has 0 radical (unpaired) electrons. The second kappa shape index (κ2) is 9.73. The first-order chi connectivity index (χ1) is 12.3. The molecule has 0 saturated carbocycles. The quantitative estimate of drug-likeness (QED) is 0.620. The Kier molecular flexibility index (Phi) is 8.27. The summed E-state index contributed by atoms with van der Waals surface area (Å²) in [5.41, 5.74) is 6.61. The van der Waals surface area contributed by atoms with Crippen LogP contribution in [-0.4, -0.2) is 26.4 Å². The zero-order valence-electron chi connectivity index (χ0n) is 15.4. The average Bonchev–Trinajstić information content (AvgIpc) is 2.66. The summed E-state index contributed by atoms with van der Waals surface area (Å²) in [7, 11) is -3.70. The topological polar surface area (TPSA) is 101 Å². The van der Waals surface area contributed by atoms with E-state index in [0.29, 0.717) is 17.8 Å². The number of carbonyl (C=O) groups is 1. The molecule has 2 rings (SSSR count). The Bertz CT molecular complexity index is 836. The van der Waals surface area contributed by atoms with Crippen molar-refractivity contribution < 1.29 is 13.2 Å². The van der Waals surface area contributed by atoms with Crippen LogP contribution in [0.2, 0.25) is 0 Å². The van der Waals surface area contributed by atoms with Crippen LogP contribution < -0.4 is 15.8 Å². The van der Waals surface area contributed by atoms with Crippen molar-refractivity contribution in [1.29, 1.82) is 0 Å². The Morgan fingerprint density at radius 1 is 1.00 bits per heavy atom. The van der Waals surface area contributed by atoms with Crippen LogP contribution >= 0.6 is 12.4 Å². The number of sulfonamides is 1. The molecular weight excluding hydrogens is 386 g/mol. The number of benzene rings is 2. The Morgan fingerprint density at radius 2 is 1.56 bits per heavy atom. The normalized spacial score (nSPS) is 11.4. The minimum Gasteiger partial charge on any atom is -0.350 e. The molecule has 0 aliphatic rings. The zero-order valence-corrected chi connectivity index (χ0v) is 17.1. The van der Waals surface area contributed by atoms with Gasteiger partial charge in [-0.05, 0) is 49.2 Å². The summed E-state index contributed by atoms with van der Waals surface area (Å²) < 4.78 is 27.3. The van der Waals surface area contributed by atoms with Gasteiger partial charge in [-0.1, -0.05) is 32.0 Å². The first-order valence-corrected chi connectivity index (χ1v) is 10.0. The molecule has 0 fully saturated rings. The first kappa shape index (κ1) is 23.0. The van der Waals surface area contributed by atoms with Crippen molar-refractivity contribution >= 4 is 34.0 Å². The van der Waals surface area contributed by atoms with Gasteiger partial charge in [0.05, 0.1) is 4.90 Å². The van der Waals surface area contributed by atoms with Gasteiger partial charge in [0, 0.05) is 23.3 Å². The van der Waals surface area contributed by atoms with Gasteiger partial charge in [0.2, 0.25) is 0 Å². The molecule has 8 heteroatoms. The van der Waals surface area contributed by atoms with Gasteiger partial charge in [0.25, 0.3) is 15.9 Å². The predicted molar refractivity (Wildman–Crippen MR) is 111 cm³/mol. The Morgan fingerprint density at radius 3 is 2.07 bits per heavy atom. The zero-order chi connectivity index (χ0) is 19.2. The van der Waals surface area contributed by atoms with E-state index in [1.165, 1.54) is 24.3 Å². The van der Waals surface area contributed by atoms with Crippen molar-refractivity contribution in [2.45, 2.75) is 37.1 Å². The van der Waals surface area contributed by atoms with Crippen molar-refractivity contribution in [2.75, 3.05) is 11.3 Å². The number of anilines is 1. The van der Waals surface area contributed by atoms with Gasteiger partial charge in [0.1, 0.15) is 0 Å². The molecule has 0 saturated heterocycles. The Balaban J connectivity index is 0.00000364. The van der Waals surface area contributed by atoms with Crippen LogP contribution in [0.4, 0.5) is 5.69 Å². The molecule has 2 aromatic rings. The summed E-state index contributed by atoms with van der Waals surface area (Å²) in [6.07, 6.45) is 1.51. The highest BCUT2D eigenvalue weighted by Crippen LogP contribution is 2.16. The largest absolute Gasteiger partial charge is 0.350 e. The second-order valence-corrected chi connectivity index (χ2v) is 7.93. The van der Waals surface area contributed by atoms with Crippen molar-refractivity contribution in [3.8, 4) is 0 Å². The Hall–Kier alpha value is -2.09. The maximum atomic E-state index is 12.4. The highest BCUT2D eigenvalue weighted by Gasteiger charge is 2.21. The third kappa shape index (κ3) is 6.23. The Labute approximate surface area is 167 Å². The molecule has 0 aliphatic heterocycles. The standard InChI is InChI=1S/C19H25N3O3S.ClH/c1-3-19(20,4-2)14-21-18(23)15-10-12-17(13-11-15)26(24,25)22-16-8-6-5-7-9-16;/h5-13,22H,3-4,14,20H2,1-2H3,(H,21,23);1H. The van der Waals surface area contributed by atoms with E-state index in [1.807, 2.05) is 13.8 Å². The average molecular weight is 412 g/mol. The minimum atomic E-state index is -3.70. The van der Waals surface area contributed by atoms with Gasteiger partial charge in [-0.3, -0.25) is 9.52 Å². The van der Waals surface area contributed by atoms with E-state index in [9.17, 15) is 13.2 Å². The SMILES string of the molecule is CCC(N)(CC)CNC(=O)c1ccc(S(=O)(=O)Nc2ccccc2)cc1.Cl. The summed E-state index contributed by atoms with van der Waals surface area (Å²) in [4.78, 5) is 12.3. The molecule has 1 amide bonds. The van der Waals surface area contributed by atoms with Crippen LogP contribution in [0, 0.1) is 0 Å². The predicted octanol–water partition coefficient (Wildman–Crippen LogP) is 3.16. The molecule has 0 unspecified atom stereocenters. The molecule has 6 nitrogen and oxygen atoms in total. The third-order valence-electron chi connectivity index (χ3n) is 4.46. The second-order valence-electron chi connectivity index (χ2n) is 6.25. The van der Waals surface area contributed by atoms with E-state index >= 15 is 0 Å². The van der Waals surface area contributed by atoms with E-state index in [-0.39, 0.29) is 23.2 Å². The van der Waals surface area contributed by atoms with E-state index in [4.69, 9.17) is 5.73 Å². The van der Waals surface area contributed by atoms with E-state index < -0.39 is 15.6 Å². The van der Waals surface area contributed by atoms with E-state index in [2.05, 4.69) is 10.0 Å². The molecule has 0 aromatic heterocycles. The van der Waals surface area contributed by atoms with Gasteiger partial charge in [0.15, 0.2) is 0 Å². The lowest BCUT2D eigenvalue weighted by molar-refractivity contribution is 0.0942. The van der Waals surface area contributed by atoms with Crippen LogP contribution in [0.5, 0.6) is 0 Å². The van der Waals surface area contributed by atoms with Crippen molar-refractivity contribution in [3.05, 3.63) is 60.2 Å². The molecule has 4 N–H and O–H groups in total. The first-order valence-electron chi connectivity index (χ1n) is 8.54. The molecule has 0 spiro atoms. The molecule has 0 atom stereocenters. The van der Waals surface area contributed by atoms with Gasteiger partial charge < -0.3 is 11.1 Å². The summed E-state index contributed by atoms with van der Waals surface area (Å²) in [6, 6.07) is 14.4. The number of amides is 1. The molecule has 0 aliphatic carbocycles. The molecule has 148 valence electrons. The lowest BCUT2D eigenvalue weighted by Crippen LogP contribution is -2.49. The van der Waals surface area contributed by atoms with Gasteiger partial charge in [-0.15, -0.1) is 12.4 Å². The summed E-state index contributed by atoms with van der Waals surface area (Å²) >= 11 is 0. The number of halogens is 1. The minimum absolute atomic E-state index is 0. The fraction of sp³-hybridized carbons (Fsp3) is 0.316. The number of nitrogens with two attached hydrogens (primary N) is 1. The number of nitrogens with one attached hydrogen (secondary N) is 2. The van der Waals surface area contributed by atoms with E-state index in [1.54, 1.807) is 30.3 Å². The molecule has 0 bridgehead atoms. The number of hydrogen-bond donors (Lipinski definition) is 3. The number of para-hydroxylation sites is 1. The lowest BCUT2D eigenvalue weighted by atomic mass is 9.94. The fourth-order valence-corrected chi connectivity index (χ4v) is 3.42. The van der Waals surface area contributed by atoms with Gasteiger partial charge in [-0.25, -0.2) is 8.42 Å². The third-order valence-corrected chi connectivity index (χ3v) is 5.86. The van der Waals surface area contributed by atoms with Crippen LogP contribution in [0.3, 0.4) is 0 Å². The lowest BCUT2D eigenvalue weighted by Gasteiger charge is -2.26. The highest BCUT2D eigenvalue weighted by atomic mass is 35.5. The van der Waals surface area contributed by atoms with Gasteiger partial charge >= 0.3 is 0 Å². The monoisotopic (exact) mass is 411 g/mol. The summed E-state index contributed by atoms with van der Waals surface area (Å²) in [6.45, 7) is 4.33.